The summed E-state index contributed by atoms with van der Waals surface area (Å²) in [4.78, 5) is 26.5. The van der Waals surface area contributed by atoms with Crippen molar-refractivity contribution in [3.63, 3.8) is 0 Å². The molecule has 27 heavy (non-hydrogen) atoms. The Labute approximate surface area is 160 Å². The van der Waals surface area contributed by atoms with E-state index in [2.05, 4.69) is 33.0 Å². The van der Waals surface area contributed by atoms with Gasteiger partial charge in [-0.1, -0.05) is 52.0 Å². The fourth-order valence-corrected chi connectivity index (χ4v) is 3.08. The van der Waals surface area contributed by atoms with Crippen LogP contribution in [0.3, 0.4) is 0 Å². The minimum Gasteiger partial charge on any atom is -0.324 e. The largest absolute Gasteiger partial charge is 0.324 e. The minimum absolute atomic E-state index is 0.130. The van der Waals surface area contributed by atoms with E-state index in [1.807, 2.05) is 18.2 Å². The predicted octanol–water partition coefficient (Wildman–Crippen LogP) is 5.06. The number of hydrogen-bond acceptors (Lipinski definition) is 2. The van der Waals surface area contributed by atoms with Crippen molar-refractivity contribution in [2.75, 3.05) is 16.8 Å². The fraction of sp³-hybridized carbons (Fsp3) is 0.364. The normalized spacial score (nSPS) is 11.0. The van der Waals surface area contributed by atoms with Gasteiger partial charge in [0.1, 0.15) is 12.4 Å². The molecular formula is C22H27FN2O2. The van der Waals surface area contributed by atoms with E-state index in [4.69, 9.17) is 0 Å². The molecule has 0 saturated heterocycles. The molecule has 0 unspecified atom stereocenters. The molecule has 2 rings (SSSR count). The van der Waals surface area contributed by atoms with Crippen molar-refractivity contribution in [1.29, 1.82) is 0 Å². The molecule has 0 saturated carbocycles. The van der Waals surface area contributed by atoms with Crippen molar-refractivity contribution in [3.8, 4) is 0 Å². The van der Waals surface area contributed by atoms with E-state index in [0.29, 0.717) is 5.69 Å². The number of rotatable bonds is 6. The van der Waals surface area contributed by atoms with E-state index in [1.54, 1.807) is 6.07 Å². The summed E-state index contributed by atoms with van der Waals surface area (Å²) in [6.45, 7) is 9.58. The highest BCUT2D eigenvalue weighted by atomic mass is 19.1. The van der Waals surface area contributed by atoms with Gasteiger partial charge in [0.25, 0.3) is 0 Å². The fourth-order valence-electron chi connectivity index (χ4n) is 3.08. The van der Waals surface area contributed by atoms with Crippen LogP contribution in [-0.2, 0) is 9.59 Å². The lowest BCUT2D eigenvalue weighted by Gasteiger charge is -2.29. The van der Waals surface area contributed by atoms with Gasteiger partial charge in [0.2, 0.25) is 11.8 Å². The third-order valence-corrected chi connectivity index (χ3v) is 4.40. The van der Waals surface area contributed by atoms with Crippen LogP contribution in [-0.4, -0.2) is 18.4 Å². The molecule has 4 nitrogen and oxygen atoms in total. The number of nitrogens with zero attached hydrogens (tertiary/aromatic N) is 1. The lowest BCUT2D eigenvalue weighted by atomic mass is 9.91. The van der Waals surface area contributed by atoms with Crippen molar-refractivity contribution >= 4 is 23.2 Å². The van der Waals surface area contributed by atoms with E-state index in [-0.39, 0.29) is 30.2 Å². The molecule has 1 N–H and O–H groups in total. The second-order valence-electron chi connectivity index (χ2n) is 7.26. The van der Waals surface area contributed by atoms with E-state index in [9.17, 15) is 14.0 Å². The first-order chi connectivity index (χ1) is 12.7. The highest BCUT2D eigenvalue weighted by molar-refractivity contribution is 6.02. The first kappa shape index (κ1) is 20.6. The number of halogens is 1. The van der Waals surface area contributed by atoms with Crippen molar-refractivity contribution in [3.05, 3.63) is 59.4 Å². The third kappa shape index (κ3) is 5.16. The summed E-state index contributed by atoms with van der Waals surface area (Å²) in [5, 5.41) is 2.66. The Morgan fingerprint density at radius 2 is 1.56 bits per heavy atom. The van der Waals surface area contributed by atoms with Crippen molar-refractivity contribution < 1.29 is 14.0 Å². The predicted molar refractivity (Wildman–Crippen MR) is 108 cm³/mol. The smallest absolute Gasteiger partial charge is 0.244 e. The molecule has 0 fully saturated rings. The summed E-state index contributed by atoms with van der Waals surface area (Å²) < 4.78 is 13.3. The number of para-hydroxylation sites is 1. The molecule has 5 heteroatoms. The van der Waals surface area contributed by atoms with Gasteiger partial charge in [-0.2, -0.15) is 0 Å². The van der Waals surface area contributed by atoms with Crippen LogP contribution < -0.4 is 10.2 Å². The molecule has 0 aliphatic carbocycles. The first-order valence-electron chi connectivity index (χ1n) is 9.17. The lowest BCUT2D eigenvalue weighted by molar-refractivity contribution is -0.120. The van der Waals surface area contributed by atoms with Gasteiger partial charge in [0.05, 0.1) is 5.69 Å². The zero-order valence-electron chi connectivity index (χ0n) is 16.5. The van der Waals surface area contributed by atoms with Gasteiger partial charge in [0.15, 0.2) is 0 Å². The monoisotopic (exact) mass is 370 g/mol. The molecule has 0 heterocycles. The Bertz CT molecular complexity index is 805. The van der Waals surface area contributed by atoms with Crippen LogP contribution in [0.4, 0.5) is 15.8 Å². The molecule has 0 bridgehead atoms. The van der Waals surface area contributed by atoms with Crippen molar-refractivity contribution in [1.82, 2.24) is 0 Å². The number of hydrogen-bond donors (Lipinski definition) is 1. The van der Waals surface area contributed by atoms with Crippen LogP contribution in [0.5, 0.6) is 0 Å². The maximum Gasteiger partial charge on any atom is 0.244 e. The van der Waals surface area contributed by atoms with Gasteiger partial charge in [-0.3, -0.25) is 9.59 Å². The average Bonchev–Trinajstić information content (AvgIpc) is 2.58. The van der Waals surface area contributed by atoms with Gasteiger partial charge in [-0.15, -0.1) is 0 Å². The summed E-state index contributed by atoms with van der Waals surface area (Å²) in [5.41, 5.74) is 3.21. The number of anilines is 2. The summed E-state index contributed by atoms with van der Waals surface area (Å²) in [7, 11) is 0. The molecule has 2 amide bonds. The first-order valence-corrected chi connectivity index (χ1v) is 9.17. The zero-order chi connectivity index (χ0) is 20.1. The van der Waals surface area contributed by atoms with Crippen LogP contribution >= 0.6 is 0 Å². The maximum absolute atomic E-state index is 13.3. The molecule has 2 aromatic rings. The summed E-state index contributed by atoms with van der Waals surface area (Å²) in [5.74, 6) is -0.606. The number of carbonyl (C=O) groups excluding carboxylic acids is 2. The average molecular weight is 370 g/mol. The molecule has 144 valence electrons. The Morgan fingerprint density at radius 3 is 2.04 bits per heavy atom. The van der Waals surface area contributed by atoms with Crippen LogP contribution in [0.1, 0.15) is 57.6 Å². The Morgan fingerprint density at radius 1 is 1.00 bits per heavy atom. The molecule has 0 aliphatic rings. The number of carbonyl (C=O) groups is 2. The number of benzene rings is 2. The summed E-state index contributed by atoms with van der Waals surface area (Å²) in [6.07, 6.45) is 0. The van der Waals surface area contributed by atoms with E-state index >= 15 is 0 Å². The number of nitrogens with one attached hydrogen (secondary N) is 1. The SMILES string of the molecule is CC(=O)N(CC(=O)Nc1cccc(F)c1)c1c(C(C)C)cccc1C(C)C. The Balaban J connectivity index is 2.37. The molecule has 0 atom stereocenters. The second-order valence-corrected chi connectivity index (χ2v) is 7.26. The quantitative estimate of drug-likeness (QED) is 0.772. The third-order valence-electron chi connectivity index (χ3n) is 4.40. The van der Waals surface area contributed by atoms with Crippen LogP contribution in [0.2, 0.25) is 0 Å². The van der Waals surface area contributed by atoms with E-state index < -0.39 is 5.82 Å². The van der Waals surface area contributed by atoms with Crippen LogP contribution in [0.25, 0.3) is 0 Å². The van der Waals surface area contributed by atoms with Crippen LogP contribution in [0, 0.1) is 5.82 Å². The summed E-state index contributed by atoms with van der Waals surface area (Å²) in [6, 6.07) is 11.7. The molecular weight excluding hydrogens is 343 g/mol. The van der Waals surface area contributed by atoms with Crippen molar-refractivity contribution in [2.45, 2.75) is 46.5 Å². The highest BCUT2D eigenvalue weighted by Gasteiger charge is 2.24. The summed E-state index contributed by atoms with van der Waals surface area (Å²) >= 11 is 0. The minimum atomic E-state index is -0.427. The Kier molecular flexibility index (Phi) is 6.72. The molecule has 0 spiro atoms. The van der Waals surface area contributed by atoms with Crippen molar-refractivity contribution in [2.24, 2.45) is 0 Å². The van der Waals surface area contributed by atoms with E-state index in [1.165, 1.54) is 30.0 Å². The lowest BCUT2D eigenvalue weighted by Crippen LogP contribution is -2.38. The van der Waals surface area contributed by atoms with E-state index in [0.717, 1.165) is 16.8 Å². The van der Waals surface area contributed by atoms with Gasteiger partial charge in [-0.05, 0) is 41.2 Å². The Hall–Kier alpha value is -2.69. The maximum atomic E-state index is 13.3. The standard InChI is InChI=1S/C22H27FN2O2/c1-14(2)19-10-7-11-20(15(3)4)22(19)25(16(5)26)13-21(27)24-18-9-6-8-17(23)12-18/h6-12,14-15H,13H2,1-5H3,(H,24,27). The topological polar surface area (TPSA) is 49.4 Å². The second kappa shape index (κ2) is 8.80. The van der Waals surface area contributed by atoms with Gasteiger partial charge in [-0.25, -0.2) is 4.39 Å². The molecule has 0 radical (unpaired) electrons. The van der Waals surface area contributed by atoms with Crippen LogP contribution in [0.15, 0.2) is 42.5 Å². The zero-order valence-corrected chi connectivity index (χ0v) is 16.5. The number of amides is 2. The van der Waals surface area contributed by atoms with Gasteiger partial charge >= 0.3 is 0 Å². The van der Waals surface area contributed by atoms with Gasteiger partial charge < -0.3 is 10.2 Å². The molecule has 0 aliphatic heterocycles. The van der Waals surface area contributed by atoms with Gasteiger partial charge in [0, 0.05) is 12.6 Å². The highest BCUT2D eigenvalue weighted by Crippen LogP contribution is 2.35. The molecule has 2 aromatic carbocycles. The molecule has 0 aromatic heterocycles.